The highest BCUT2D eigenvalue weighted by Crippen LogP contribution is 2.19. The number of hydrogen-bond donors (Lipinski definition) is 2. The van der Waals surface area contributed by atoms with Gasteiger partial charge in [-0.05, 0) is 43.6 Å². The van der Waals surface area contributed by atoms with Crippen LogP contribution in [0, 0.1) is 0 Å². The summed E-state index contributed by atoms with van der Waals surface area (Å²) in [4.78, 5) is 12.5. The van der Waals surface area contributed by atoms with Crippen LogP contribution in [0.1, 0.15) is 48.0 Å². The second-order valence-corrected chi connectivity index (χ2v) is 5.82. The summed E-state index contributed by atoms with van der Waals surface area (Å²) in [6, 6.07) is 0.334. The van der Waals surface area contributed by atoms with E-state index in [1.54, 1.807) is 0 Å². The number of rotatable bonds is 6. The number of nitrogens with two attached hydrogens (primary N) is 1. The molecule has 3 N–H and O–H groups in total. The maximum atomic E-state index is 11.9. The molecule has 0 aliphatic heterocycles. The summed E-state index contributed by atoms with van der Waals surface area (Å²) in [5.41, 5.74) is 6.61. The average molecular weight is 298 g/mol. The molecule has 1 amide bonds. The Morgan fingerprint density at radius 3 is 2.90 bits per heavy atom. The lowest BCUT2D eigenvalue weighted by Crippen LogP contribution is -2.33. The first-order chi connectivity index (χ1) is 9.70. The minimum absolute atomic E-state index is 0.105. The quantitative estimate of drug-likeness (QED) is 0.768. The van der Waals surface area contributed by atoms with Gasteiger partial charge in [-0.3, -0.25) is 4.79 Å². The van der Waals surface area contributed by atoms with Crippen molar-refractivity contribution >= 4 is 17.4 Å². The molecule has 20 heavy (non-hydrogen) atoms. The summed E-state index contributed by atoms with van der Waals surface area (Å²) in [5.74, 6) is -0.105. The van der Waals surface area contributed by atoms with E-state index < -0.39 is 0 Å². The molecule has 0 unspecified atom stereocenters. The van der Waals surface area contributed by atoms with E-state index in [0.29, 0.717) is 30.2 Å². The zero-order chi connectivity index (χ0) is 14.4. The highest BCUT2D eigenvalue weighted by atomic mass is 32.1. The molecule has 1 saturated carbocycles. The van der Waals surface area contributed by atoms with Gasteiger partial charge >= 0.3 is 0 Å². The second kappa shape index (κ2) is 7.66. The van der Waals surface area contributed by atoms with Crippen molar-refractivity contribution in [2.75, 3.05) is 13.2 Å². The fourth-order valence-corrected chi connectivity index (χ4v) is 3.00. The second-order valence-electron chi connectivity index (χ2n) is 5.07. The molecule has 2 rings (SSSR count). The summed E-state index contributed by atoms with van der Waals surface area (Å²) in [7, 11) is 0. The predicted molar refractivity (Wildman–Crippen MR) is 77.8 cm³/mol. The first-order valence-electron chi connectivity index (χ1n) is 7.17. The van der Waals surface area contributed by atoms with Crippen LogP contribution < -0.4 is 11.1 Å². The van der Waals surface area contributed by atoms with Gasteiger partial charge in [0.2, 0.25) is 0 Å². The first-order valence-corrected chi connectivity index (χ1v) is 7.94. The Morgan fingerprint density at radius 2 is 2.20 bits per heavy atom. The minimum Gasteiger partial charge on any atom is -0.376 e. The molecule has 0 radical (unpaired) electrons. The lowest BCUT2D eigenvalue weighted by atomic mass is 9.94. The topological polar surface area (TPSA) is 90.1 Å². The van der Waals surface area contributed by atoms with E-state index in [2.05, 4.69) is 14.9 Å². The van der Waals surface area contributed by atoms with Gasteiger partial charge < -0.3 is 15.8 Å². The monoisotopic (exact) mass is 298 g/mol. The van der Waals surface area contributed by atoms with Gasteiger partial charge in [0.15, 0.2) is 0 Å². The molecular weight excluding hydrogens is 276 g/mol. The standard InChI is InChI=1S/C13H22N4O2S/c1-2-11-12(20-17-16-11)13(18)15-7-8-19-10-5-3-9(14)4-6-10/h9-10H,2-8,14H2,1H3,(H,15,18). The van der Waals surface area contributed by atoms with Crippen molar-refractivity contribution in [1.82, 2.24) is 14.9 Å². The van der Waals surface area contributed by atoms with Crippen molar-refractivity contribution in [1.29, 1.82) is 0 Å². The van der Waals surface area contributed by atoms with Crippen LogP contribution in [0.3, 0.4) is 0 Å². The maximum Gasteiger partial charge on any atom is 0.265 e. The number of ether oxygens (including phenoxy) is 1. The largest absolute Gasteiger partial charge is 0.376 e. The number of carbonyl (C=O) groups is 1. The van der Waals surface area contributed by atoms with Crippen LogP contribution in [0.5, 0.6) is 0 Å². The average Bonchev–Trinajstić information content (AvgIpc) is 2.94. The van der Waals surface area contributed by atoms with Crippen LogP contribution >= 0.6 is 11.5 Å². The van der Waals surface area contributed by atoms with E-state index in [1.807, 2.05) is 6.92 Å². The van der Waals surface area contributed by atoms with Crippen molar-refractivity contribution in [3.05, 3.63) is 10.6 Å². The molecule has 0 aromatic carbocycles. The van der Waals surface area contributed by atoms with Crippen LogP contribution in [-0.4, -0.2) is 40.8 Å². The van der Waals surface area contributed by atoms with Crippen molar-refractivity contribution < 1.29 is 9.53 Å². The third-order valence-electron chi connectivity index (χ3n) is 3.56. The Bertz CT molecular complexity index is 430. The molecule has 0 bridgehead atoms. The lowest BCUT2D eigenvalue weighted by molar-refractivity contribution is 0.0268. The number of carbonyl (C=O) groups excluding carboxylic acids is 1. The highest BCUT2D eigenvalue weighted by molar-refractivity contribution is 7.08. The Labute approximate surface area is 123 Å². The smallest absolute Gasteiger partial charge is 0.265 e. The number of aromatic nitrogens is 2. The van der Waals surface area contributed by atoms with Crippen LogP contribution in [0.2, 0.25) is 0 Å². The van der Waals surface area contributed by atoms with Gasteiger partial charge in [-0.2, -0.15) is 0 Å². The summed E-state index contributed by atoms with van der Waals surface area (Å²) >= 11 is 1.14. The fraction of sp³-hybridized carbons (Fsp3) is 0.769. The summed E-state index contributed by atoms with van der Waals surface area (Å²) in [6.45, 7) is 3.02. The number of nitrogens with one attached hydrogen (secondary N) is 1. The SMILES string of the molecule is CCc1nnsc1C(=O)NCCOC1CCC(N)CC1. The van der Waals surface area contributed by atoms with Gasteiger partial charge in [-0.15, -0.1) is 5.10 Å². The normalized spacial score (nSPS) is 22.7. The van der Waals surface area contributed by atoms with Crippen molar-refractivity contribution in [3.8, 4) is 0 Å². The Kier molecular flexibility index (Phi) is 5.87. The molecular formula is C13H22N4O2S. The molecule has 7 heteroatoms. The molecule has 0 atom stereocenters. The molecule has 1 heterocycles. The lowest BCUT2D eigenvalue weighted by Gasteiger charge is -2.26. The molecule has 0 spiro atoms. The molecule has 1 fully saturated rings. The predicted octanol–water partition coefficient (Wildman–Crippen LogP) is 1.12. The zero-order valence-corrected chi connectivity index (χ0v) is 12.6. The third-order valence-corrected chi connectivity index (χ3v) is 4.32. The maximum absolute atomic E-state index is 11.9. The number of hydrogen-bond acceptors (Lipinski definition) is 6. The van der Waals surface area contributed by atoms with Crippen molar-refractivity contribution in [2.24, 2.45) is 5.73 Å². The van der Waals surface area contributed by atoms with E-state index in [1.165, 1.54) is 0 Å². The minimum atomic E-state index is -0.105. The van der Waals surface area contributed by atoms with E-state index in [9.17, 15) is 4.79 Å². The highest BCUT2D eigenvalue weighted by Gasteiger charge is 2.19. The van der Waals surface area contributed by atoms with E-state index in [-0.39, 0.29) is 5.91 Å². The van der Waals surface area contributed by atoms with Gasteiger partial charge in [0.25, 0.3) is 5.91 Å². The van der Waals surface area contributed by atoms with E-state index >= 15 is 0 Å². The van der Waals surface area contributed by atoms with Gasteiger partial charge in [0.1, 0.15) is 4.88 Å². The fourth-order valence-electron chi connectivity index (χ4n) is 2.34. The van der Waals surface area contributed by atoms with E-state index in [0.717, 1.165) is 49.3 Å². The van der Waals surface area contributed by atoms with Gasteiger partial charge in [0, 0.05) is 12.6 Å². The zero-order valence-electron chi connectivity index (χ0n) is 11.8. The Balaban J connectivity index is 1.65. The summed E-state index contributed by atoms with van der Waals surface area (Å²) in [6.07, 6.45) is 5.12. The molecule has 0 saturated heterocycles. The first kappa shape index (κ1) is 15.3. The molecule has 1 aromatic rings. The van der Waals surface area contributed by atoms with Gasteiger partial charge in [0.05, 0.1) is 18.4 Å². The number of aryl methyl sites for hydroxylation is 1. The third kappa shape index (κ3) is 4.22. The number of nitrogens with zero attached hydrogens (tertiary/aromatic N) is 2. The summed E-state index contributed by atoms with van der Waals surface area (Å²) in [5, 5.41) is 6.78. The molecule has 1 aliphatic carbocycles. The Hall–Kier alpha value is -1.05. The van der Waals surface area contributed by atoms with Gasteiger partial charge in [-0.1, -0.05) is 11.4 Å². The molecule has 6 nitrogen and oxygen atoms in total. The molecule has 112 valence electrons. The Morgan fingerprint density at radius 1 is 1.45 bits per heavy atom. The van der Waals surface area contributed by atoms with Gasteiger partial charge in [-0.25, -0.2) is 0 Å². The molecule has 1 aliphatic rings. The van der Waals surface area contributed by atoms with Crippen LogP contribution in [0.4, 0.5) is 0 Å². The molecule has 1 aromatic heterocycles. The van der Waals surface area contributed by atoms with Crippen LogP contribution in [0.25, 0.3) is 0 Å². The van der Waals surface area contributed by atoms with Crippen LogP contribution in [0.15, 0.2) is 0 Å². The summed E-state index contributed by atoms with van der Waals surface area (Å²) < 4.78 is 9.57. The number of amides is 1. The van der Waals surface area contributed by atoms with Crippen LogP contribution in [-0.2, 0) is 11.2 Å². The van der Waals surface area contributed by atoms with E-state index in [4.69, 9.17) is 10.5 Å². The van der Waals surface area contributed by atoms with Crippen molar-refractivity contribution in [2.45, 2.75) is 51.2 Å². The van der Waals surface area contributed by atoms with Crippen molar-refractivity contribution in [3.63, 3.8) is 0 Å².